The van der Waals surface area contributed by atoms with Crippen LogP contribution in [0.5, 0.6) is 5.75 Å². The first-order valence-corrected chi connectivity index (χ1v) is 15.9. The number of carbonyl (C=O) groups is 1. The zero-order valence-corrected chi connectivity index (χ0v) is 25.6. The molecule has 2 saturated carbocycles. The molecule has 3 aliphatic rings. The van der Waals surface area contributed by atoms with E-state index in [0.29, 0.717) is 52.3 Å². The maximum absolute atomic E-state index is 12.9. The minimum Gasteiger partial charge on any atom is -0.508 e. The molecule has 6 atom stereocenters. The van der Waals surface area contributed by atoms with Gasteiger partial charge in [-0.15, -0.1) is 11.3 Å². The first-order valence-electron chi connectivity index (χ1n) is 15.1. The van der Waals surface area contributed by atoms with Crippen LogP contribution >= 0.6 is 11.3 Å². The van der Waals surface area contributed by atoms with Crippen molar-refractivity contribution in [2.24, 2.45) is 29.1 Å². The molecule has 214 valence electrons. The number of rotatable bonds is 8. The number of benzene rings is 1. The van der Waals surface area contributed by atoms with Crippen molar-refractivity contribution in [1.29, 1.82) is 0 Å². The molecule has 0 radical (unpaired) electrons. The Hall–Kier alpha value is -1.92. The van der Waals surface area contributed by atoms with Gasteiger partial charge in [-0.1, -0.05) is 33.8 Å². The van der Waals surface area contributed by atoms with Crippen molar-refractivity contribution in [3.05, 3.63) is 39.9 Å². The molecule has 1 aromatic carbocycles. The van der Waals surface area contributed by atoms with Crippen molar-refractivity contribution in [2.75, 3.05) is 19.0 Å². The number of anilines is 1. The summed E-state index contributed by atoms with van der Waals surface area (Å²) in [6.07, 6.45) is 11.6. The number of fused-ring (bicyclic) bond motifs is 5. The van der Waals surface area contributed by atoms with Crippen LogP contribution in [0.2, 0.25) is 0 Å². The summed E-state index contributed by atoms with van der Waals surface area (Å²) in [4.78, 5) is 18.4. The fourth-order valence-corrected chi connectivity index (χ4v) is 9.44. The van der Waals surface area contributed by atoms with Crippen LogP contribution in [-0.2, 0) is 21.4 Å². The molecule has 4 unspecified atom stereocenters. The summed E-state index contributed by atoms with van der Waals surface area (Å²) < 4.78 is 5.43. The highest BCUT2D eigenvalue weighted by molar-refractivity contribution is 7.15. The smallest absolute Gasteiger partial charge is 0.226 e. The second-order valence-corrected chi connectivity index (χ2v) is 15.1. The quantitative estimate of drug-likeness (QED) is 0.326. The molecular weight excluding hydrogens is 504 g/mol. The summed E-state index contributed by atoms with van der Waals surface area (Å²) in [6, 6.07) is 4.43. The number of aromatic nitrogens is 1. The van der Waals surface area contributed by atoms with E-state index in [4.69, 9.17) is 4.74 Å². The van der Waals surface area contributed by atoms with E-state index in [1.54, 1.807) is 18.4 Å². The maximum atomic E-state index is 12.9. The van der Waals surface area contributed by atoms with Crippen LogP contribution in [0.4, 0.5) is 5.13 Å². The van der Waals surface area contributed by atoms with Crippen LogP contribution in [0.1, 0.15) is 107 Å². The number of aromatic hydroxyl groups is 1. The summed E-state index contributed by atoms with van der Waals surface area (Å²) >= 11 is 1.54. The van der Waals surface area contributed by atoms with Gasteiger partial charge >= 0.3 is 0 Å². The summed E-state index contributed by atoms with van der Waals surface area (Å²) in [5.41, 5.74) is 4.17. The number of nitrogens with one attached hydrogen (secondary N) is 1. The minimum atomic E-state index is -0.0824. The van der Waals surface area contributed by atoms with E-state index in [0.717, 1.165) is 36.3 Å². The first kappa shape index (κ1) is 28.6. The molecular formula is C33H48N2O3S. The summed E-state index contributed by atoms with van der Waals surface area (Å²) in [5, 5.41) is 14.6. The number of phenols is 1. The van der Waals surface area contributed by atoms with Gasteiger partial charge in [0, 0.05) is 31.2 Å². The molecule has 1 heterocycles. The maximum Gasteiger partial charge on any atom is 0.226 e. The molecule has 2 aromatic rings. The summed E-state index contributed by atoms with van der Waals surface area (Å²) in [7, 11) is 1.80. The average molecular weight is 553 g/mol. The van der Waals surface area contributed by atoms with Gasteiger partial charge in [0.15, 0.2) is 5.13 Å². The molecule has 0 aliphatic heterocycles. The number of methoxy groups -OCH3 is 1. The molecule has 39 heavy (non-hydrogen) atoms. The SMILES string of the molecule is COCCCC1C[C@@H](CCC(=O)Nc2ncc(C)s2)C2C3CCc4cc(O)c(C(C)(C)C)cc4C3CC[C@]12C. The highest BCUT2D eigenvalue weighted by Crippen LogP contribution is 2.66. The predicted octanol–water partition coefficient (Wildman–Crippen LogP) is 8.00. The number of carbonyl (C=O) groups excluding carboxylic acids is 1. The summed E-state index contributed by atoms with van der Waals surface area (Å²) in [5.74, 6) is 3.66. The van der Waals surface area contributed by atoms with Crippen molar-refractivity contribution in [3.63, 3.8) is 0 Å². The van der Waals surface area contributed by atoms with Gasteiger partial charge in [-0.2, -0.15) is 0 Å². The Bertz CT molecular complexity index is 1180. The molecule has 6 heteroatoms. The molecule has 2 N–H and O–H groups in total. The van der Waals surface area contributed by atoms with Gasteiger partial charge in [-0.3, -0.25) is 4.79 Å². The van der Waals surface area contributed by atoms with E-state index in [2.05, 4.69) is 50.1 Å². The van der Waals surface area contributed by atoms with E-state index < -0.39 is 0 Å². The van der Waals surface area contributed by atoms with Gasteiger partial charge in [0.2, 0.25) is 5.91 Å². The Balaban J connectivity index is 1.40. The lowest BCUT2D eigenvalue weighted by Crippen LogP contribution is -2.44. The number of thiazole rings is 1. The molecule has 2 fully saturated rings. The molecule has 1 amide bonds. The lowest BCUT2D eigenvalue weighted by molar-refractivity contribution is -0.116. The zero-order chi connectivity index (χ0) is 27.9. The number of amides is 1. The second-order valence-electron chi connectivity index (χ2n) is 13.9. The van der Waals surface area contributed by atoms with Crippen molar-refractivity contribution in [1.82, 2.24) is 4.98 Å². The van der Waals surface area contributed by atoms with Gasteiger partial charge in [0.05, 0.1) is 0 Å². The molecule has 0 saturated heterocycles. The third-order valence-electron chi connectivity index (χ3n) is 10.5. The predicted molar refractivity (Wildman–Crippen MR) is 160 cm³/mol. The highest BCUT2D eigenvalue weighted by Gasteiger charge is 2.58. The molecule has 3 aliphatic carbocycles. The Morgan fingerprint density at radius 1 is 1.26 bits per heavy atom. The minimum absolute atomic E-state index is 0.0824. The van der Waals surface area contributed by atoms with Crippen LogP contribution in [0.15, 0.2) is 18.3 Å². The van der Waals surface area contributed by atoms with Gasteiger partial charge in [-0.25, -0.2) is 4.98 Å². The Morgan fingerprint density at radius 2 is 2.05 bits per heavy atom. The lowest BCUT2D eigenvalue weighted by atomic mass is 9.52. The monoisotopic (exact) mass is 552 g/mol. The number of phenolic OH excluding ortho intramolecular Hbond substituents is 1. The molecule has 5 rings (SSSR count). The van der Waals surface area contributed by atoms with E-state index >= 15 is 0 Å². The number of hydrogen-bond acceptors (Lipinski definition) is 5. The van der Waals surface area contributed by atoms with Crippen molar-refractivity contribution < 1.29 is 14.6 Å². The number of hydrogen-bond donors (Lipinski definition) is 2. The van der Waals surface area contributed by atoms with E-state index in [9.17, 15) is 9.90 Å². The van der Waals surface area contributed by atoms with E-state index in [1.165, 1.54) is 43.2 Å². The number of aryl methyl sites for hydroxylation is 2. The van der Waals surface area contributed by atoms with Crippen LogP contribution < -0.4 is 5.32 Å². The van der Waals surface area contributed by atoms with Gasteiger partial charge in [-0.05, 0) is 121 Å². The number of ether oxygens (including phenoxy) is 1. The Kier molecular flexibility index (Phi) is 8.18. The zero-order valence-electron chi connectivity index (χ0n) is 24.8. The van der Waals surface area contributed by atoms with E-state index in [1.807, 2.05) is 13.1 Å². The standard InChI is InChI=1S/C33H48N2O3S/c1-20-19-34-31(39-20)35-29(37)12-10-22-16-23(8-7-15-38-6)33(5)14-13-24-25(30(22)33)11-9-21-17-28(36)27(18-26(21)24)32(2,3)4/h17-19,22-25,30,36H,7-16H2,1-6H3,(H,34,35,37)/t22-,23?,24?,25?,30?,33-/m1/s1. The summed E-state index contributed by atoms with van der Waals surface area (Å²) in [6.45, 7) is 12.0. The normalized spacial score (nSPS) is 29.9. The van der Waals surface area contributed by atoms with Crippen LogP contribution in [0.3, 0.4) is 0 Å². The molecule has 0 spiro atoms. The Morgan fingerprint density at radius 3 is 2.74 bits per heavy atom. The first-order chi connectivity index (χ1) is 18.5. The van der Waals surface area contributed by atoms with Crippen LogP contribution in [0.25, 0.3) is 0 Å². The fourth-order valence-electron chi connectivity index (χ4n) is 8.76. The van der Waals surface area contributed by atoms with Crippen LogP contribution in [-0.4, -0.2) is 29.7 Å². The third kappa shape index (κ3) is 5.66. The molecule has 5 nitrogen and oxygen atoms in total. The average Bonchev–Trinajstić information content (AvgIpc) is 3.41. The number of nitrogens with zero attached hydrogens (tertiary/aromatic N) is 1. The highest BCUT2D eigenvalue weighted by atomic mass is 32.1. The van der Waals surface area contributed by atoms with Crippen molar-refractivity contribution >= 4 is 22.4 Å². The van der Waals surface area contributed by atoms with Gasteiger partial charge in [0.25, 0.3) is 0 Å². The van der Waals surface area contributed by atoms with Crippen molar-refractivity contribution in [2.45, 2.75) is 104 Å². The second kappa shape index (κ2) is 11.2. The van der Waals surface area contributed by atoms with Gasteiger partial charge < -0.3 is 15.2 Å². The topological polar surface area (TPSA) is 71.5 Å². The fraction of sp³-hybridized carbons (Fsp3) is 0.697. The van der Waals surface area contributed by atoms with Crippen LogP contribution in [0, 0.1) is 36.0 Å². The molecule has 0 bridgehead atoms. The lowest BCUT2D eigenvalue weighted by Gasteiger charge is -2.52. The third-order valence-corrected chi connectivity index (χ3v) is 11.3. The van der Waals surface area contributed by atoms with Crippen molar-refractivity contribution in [3.8, 4) is 5.75 Å². The van der Waals surface area contributed by atoms with Gasteiger partial charge in [0.1, 0.15) is 5.75 Å². The largest absolute Gasteiger partial charge is 0.508 e. The molecule has 1 aromatic heterocycles. The van der Waals surface area contributed by atoms with E-state index in [-0.39, 0.29) is 11.3 Å². The Labute approximate surface area is 239 Å².